The van der Waals surface area contributed by atoms with Gasteiger partial charge in [-0.05, 0) is 18.2 Å². The third kappa shape index (κ3) is 3.68. The average molecular weight is 262 g/mol. The van der Waals surface area contributed by atoms with Crippen LogP contribution >= 0.6 is 0 Å². The Balaban J connectivity index is 1.83. The number of carbonyl (C=O) groups excluding carboxylic acids is 1. The number of hydrogen-bond donors (Lipinski definition) is 2. The van der Waals surface area contributed by atoms with Crippen LogP contribution in [0.3, 0.4) is 0 Å². The molecule has 2 amide bonds. The van der Waals surface area contributed by atoms with Gasteiger partial charge in [0.05, 0.1) is 0 Å². The number of nitrogens with zero attached hydrogens (tertiary/aromatic N) is 2. The number of hydrogen-bond acceptors (Lipinski definition) is 3. The minimum Gasteiger partial charge on any atom is -0.336 e. The van der Waals surface area contributed by atoms with Crippen molar-refractivity contribution in [1.29, 1.82) is 0 Å². The van der Waals surface area contributed by atoms with Gasteiger partial charge in [-0.25, -0.2) is 4.79 Å². The molecule has 5 heteroatoms. The molecule has 0 aromatic heterocycles. The first kappa shape index (κ1) is 13.8. The van der Waals surface area contributed by atoms with Crippen LogP contribution in [-0.2, 0) is 13.1 Å². The highest BCUT2D eigenvalue weighted by Crippen LogP contribution is 2.10. The van der Waals surface area contributed by atoms with E-state index >= 15 is 0 Å². The molecule has 3 N–H and O–H groups in total. The van der Waals surface area contributed by atoms with E-state index in [1.807, 2.05) is 17.0 Å². The van der Waals surface area contributed by atoms with Gasteiger partial charge in [-0.2, -0.15) is 0 Å². The second-order valence-corrected chi connectivity index (χ2v) is 4.93. The zero-order chi connectivity index (χ0) is 13.7. The lowest BCUT2D eigenvalue weighted by Gasteiger charge is -2.21. The van der Waals surface area contributed by atoms with Crippen LogP contribution in [0.1, 0.15) is 11.1 Å². The zero-order valence-corrected chi connectivity index (χ0v) is 11.4. The summed E-state index contributed by atoms with van der Waals surface area (Å²) in [6.07, 6.45) is 0. The predicted octanol–water partition coefficient (Wildman–Crippen LogP) is 0.602. The fourth-order valence-electron chi connectivity index (χ4n) is 2.30. The van der Waals surface area contributed by atoms with Gasteiger partial charge in [-0.15, -0.1) is 0 Å². The number of benzene rings is 1. The second kappa shape index (κ2) is 6.54. The van der Waals surface area contributed by atoms with Crippen LogP contribution < -0.4 is 11.1 Å². The van der Waals surface area contributed by atoms with E-state index in [0.29, 0.717) is 6.54 Å². The van der Waals surface area contributed by atoms with Crippen LogP contribution in [-0.4, -0.2) is 49.1 Å². The summed E-state index contributed by atoms with van der Waals surface area (Å²) in [7, 11) is 2.07. The fourth-order valence-corrected chi connectivity index (χ4v) is 2.30. The highest BCUT2D eigenvalue weighted by Gasteiger charge is 2.19. The van der Waals surface area contributed by atoms with E-state index in [0.717, 1.165) is 32.7 Å². The molecule has 104 valence electrons. The van der Waals surface area contributed by atoms with E-state index in [1.165, 1.54) is 11.1 Å². The number of likely N-dealkylation sites (N-methyl/N-ethyl adjacent to an activating group) is 1. The molecule has 1 saturated heterocycles. The number of nitrogens with two attached hydrogens (primary N) is 1. The predicted molar refractivity (Wildman–Crippen MR) is 75.6 cm³/mol. The average Bonchev–Trinajstić information content (AvgIpc) is 2.82. The minimum absolute atomic E-state index is 0.0516. The number of nitrogens with one attached hydrogen (secondary N) is 1. The summed E-state index contributed by atoms with van der Waals surface area (Å²) >= 11 is 0. The largest absolute Gasteiger partial charge is 0.336 e. The van der Waals surface area contributed by atoms with E-state index in [2.05, 4.69) is 29.4 Å². The zero-order valence-electron chi connectivity index (χ0n) is 11.4. The molecule has 0 atom stereocenters. The van der Waals surface area contributed by atoms with E-state index < -0.39 is 0 Å². The number of carbonyl (C=O) groups is 1. The number of rotatable bonds is 6. The van der Waals surface area contributed by atoms with Crippen LogP contribution in [0.15, 0.2) is 24.3 Å². The summed E-state index contributed by atoms with van der Waals surface area (Å²) in [6, 6.07) is 8.28. The maximum absolute atomic E-state index is 11.4. The van der Waals surface area contributed by atoms with Gasteiger partial charge < -0.3 is 20.9 Å². The Morgan fingerprint density at radius 3 is 2.74 bits per heavy atom. The molecule has 19 heavy (non-hydrogen) atoms. The van der Waals surface area contributed by atoms with Gasteiger partial charge in [0.25, 0.3) is 0 Å². The van der Waals surface area contributed by atoms with E-state index in [4.69, 9.17) is 5.73 Å². The van der Waals surface area contributed by atoms with Crippen molar-refractivity contribution >= 4 is 6.03 Å². The van der Waals surface area contributed by atoms with E-state index in [1.54, 1.807) is 0 Å². The quantitative estimate of drug-likeness (QED) is 0.789. The van der Waals surface area contributed by atoms with Crippen LogP contribution in [0.2, 0.25) is 0 Å². The van der Waals surface area contributed by atoms with Crippen LogP contribution in [0.4, 0.5) is 4.79 Å². The molecule has 0 bridgehead atoms. The molecule has 0 saturated carbocycles. The van der Waals surface area contributed by atoms with Gasteiger partial charge in [-0.1, -0.05) is 24.3 Å². The van der Waals surface area contributed by atoms with E-state index in [9.17, 15) is 4.79 Å². The lowest BCUT2D eigenvalue weighted by Crippen LogP contribution is -2.35. The molecule has 5 nitrogen and oxygen atoms in total. The normalized spacial score (nSPS) is 15.1. The van der Waals surface area contributed by atoms with Crippen molar-refractivity contribution in [1.82, 2.24) is 15.1 Å². The Bertz CT molecular complexity index is 435. The molecular formula is C14H22N4O. The molecule has 2 rings (SSSR count). The summed E-state index contributed by atoms with van der Waals surface area (Å²) < 4.78 is 0. The minimum atomic E-state index is 0.0516. The standard InChI is InChI=1S/C14H22N4O/c1-17(8-9-18-7-6-16-14(18)19)11-13-5-3-2-4-12(13)10-15/h2-5H,6-11,15H2,1H3,(H,16,19). The van der Waals surface area contributed by atoms with Crippen molar-refractivity contribution in [2.24, 2.45) is 5.73 Å². The fraction of sp³-hybridized carbons (Fsp3) is 0.500. The Hall–Kier alpha value is -1.59. The van der Waals surface area contributed by atoms with Gasteiger partial charge in [-0.3, -0.25) is 0 Å². The van der Waals surface area contributed by atoms with Crippen molar-refractivity contribution in [3.63, 3.8) is 0 Å². The van der Waals surface area contributed by atoms with Gasteiger partial charge in [0.15, 0.2) is 0 Å². The molecule has 0 radical (unpaired) electrons. The highest BCUT2D eigenvalue weighted by atomic mass is 16.2. The molecule has 1 fully saturated rings. The van der Waals surface area contributed by atoms with Gasteiger partial charge in [0.1, 0.15) is 0 Å². The Labute approximate surface area is 114 Å². The van der Waals surface area contributed by atoms with Crippen LogP contribution in [0, 0.1) is 0 Å². The topological polar surface area (TPSA) is 61.6 Å². The third-order valence-electron chi connectivity index (χ3n) is 3.48. The highest BCUT2D eigenvalue weighted by molar-refractivity contribution is 5.76. The van der Waals surface area contributed by atoms with Gasteiger partial charge in [0, 0.05) is 39.3 Å². The van der Waals surface area contributed by atoms with Crippen molar-refractivity contribution in [3.05, 3.63) is 35.4 Å². The van der Waals surface area contributed by atoms with E-state index in [-0.39, 0.29) is 6.03 Å². The van der Waals surface area contributed by atoms with Gasteiger partial charge in [0.2, 0.25) is 0 Å². The second-order valence-electron chi connectivity index (χ2n) is 4.93. The number of urea groups is 1. The molecule has 1 aliphatic heterocycles. The molecule has 0 aliphatic carbocycles. The molecule has 0 spiro atoms. The lowest BCUT2D eigenvalue weighted by molar-refractivity contribution is 0.207. The Morgan fingerprint density at radius 2 is 2.11 bits per heavy atom. The van der Waals surface area contributed by atoms with Crippen molar-refractivity contribution in [2.45, 2.75) is 13.1 Å². The molecular weight excluding hydrogens is 240 g/mol. The first-order valence-electron chi connectivity index (χ1n) is 6.69. The maximum Gasteiger partial charge on any atom is 0.317 e. The van der Waals surface area contributed by atoms with Crippen molar-refractivity contribution in [2.75, 3.05) is 33.2 Å². The van der Waals surface area contributed by atoms with Crippen LogP contribution in [0.25, 0.3) is 0 Å². The summed E-state index contributed by atoms with van der Waals surface area (Å²) in [5.41, 5.74) is 8.19. The summed E-state index contributed by atoms with van der Waals surface area (Å²) in [4.78, 5) is 15.5. The van der Waals surface area contributed by atoms with Crippen molar-refractivity contribution < 1.29 is 4.79 Å². The SMILES string of the molecule is CN(CCN1CCNC1=O)Cc1ccccc1CN. The molecule has 1 aromatic rings. The lowest BCUT2D eigenvalue weighted by atomic mass is 10.1. The first-order valence-corrected chi connectivity index (χ1v) is 6.69. The Morgan fingerprint density at radius 1 is 1.37 bits per heavy atom. The van der Waals surface area contributed by atoms with Crippen molar-refractivity contribution in [3.8, 4) is 0 Å². The number of amides is 2. The first-order chi connectivity index (χ1) is 9.20. The summed E-state index contributed by atoms with van der Waals surface area (Å²) in [6.45, 7) is 4.64. The monoisotopic (exact) mass is 262 g/mol. The molecule has 1 heterocycles. The Kier molecular flexibility index (Phi) is 4.76. The van der Waals surface area contributed by atoms with Crippen LogP contribution in [0.5, 0.6) is 0 Å². The van der Waals surface area contributed by atoms with Gasteiger partial charge >= 0.3 is 6.03 Å². The summed E-state index contributed by atoms with van der Waals surface area (Å²) in [5, 5.41) is 2.81. The smallest absolute Gasteiger partial charge is 0.317 e. The summed E-state index contributed by atoms with van der Waals surface area (Å²) in [5.74, 6) is 0. The third-order valence-corrected chi connectivity index (χ3v) is 3.48. The maximum atomic E-state index is 11.4. The molecule has 1 aliphatic rings. The molecule has 1 aromatic carbocycles. The molecule has 0 unspecified atom stereocenters.